The van der Waals surface area contributed by atoms with Gasteiger partial charge in [-0.3, -0.25) is 15.1 Å². The standard InChI is InChI=1S/C10H12N4O2S/c1-14(10(16)13-11)6-2-3-8-7(4-6)12-9(15)5-17-8/h2-4H,5,11H2,1H3,(H,12,15)(H,13,16). The Bertz CT molecular complexity index is 477. The third-order valence-corrected chi connectivity index (χ3v) is 3.48. The van der Waals surface area contributed by atoms with Crippen molar-refractivity contribution in [2.24, 2.45) is 5.84 Å². The largest absolute Gasteiger partial charge is 0.335 e. The average Bonchev–Trinajstić information content (AvgIpc) is 2.36. The number of anilines is 2. The molecule has 0 spiro atoms. The van der Waals surface area contributed by atoms with E-state index in [1.165, 1.54) is 16.7 Å². The fourth-order valence-corrected chi connectivity index (χ4v) is 2.28. The fourth-order valence-electron chi connectivity index (χ4n) is 1.49. The maximum absolute atomic E-state index is 11.3. The number of nitrogens with one attached hydrogen (secondary N) is 2. The van der Waals surface area contributed by atoms with E-state index in [0.717, 1.165) is 10.6 Å². The molecular formula is C10H12N4O2S. The van der Waals surface area contributed by atoms with Gasteiger partial charge in [-0.25, -0.2) is 10.6 Å². The number of hydrazine groups is 1. The van der Waals surface area contributed by atoms with Crippen LogP contribution in [0, 0.1) is 0 Å². The third-order valence-electron chi connectivity index (χ3n) is 2.41. The number of fused-ring (bicyclic) bond motifs is 1. The number of thioether (sulfide) groups is 1. The summed E-state index contributed by atoms with van der Waals surface area (Å²) in [7, 11) is 1.60. The number of carbonyl (C=O) groups excluding carboxylic acids is 2. The molecule has 3 amide bonds. The lowest BCUT2D eigenvalue weighted by molar-refractivity contribution is -0.113. The highest BCUT2D eigenvalue weighted by atomic mass is 32.2. The maximum Gasteiger partial charge on any atom is 0.335 e. The van der Waals surface area contributed by atoms with Crippen LogP contribution in [0.5, 0.6) is 0 Å². The highest BCUT2D eigenvalue weighted by Gasteiger charge is 2.17. The average molecular weight is 252 g/mol. The van der Waals surface area contributed by atoms with Crippen molar-refractivity contribution in [3.63, 3.8) is 0 Å². The van der Waals surface area contributed by atoms with E-state index >= 15 is 0 Å². The molecule has 1 aliphatic heterocycles. The Morgan fingerprint density at radius 2 is 2.35 bits per heavy atom. The van der Waals surface area contributed by atoms with Gasteiger partial charge in [0.25, 0.3) is 0 Å². The highest BCUT2D eigenvalue weighted by Crippen LogP contribution is 2.34. The van der Waals surface area contributed by atoms with E-state index in [2.05, 4.69) is 5.32 Å². The summed E-state index contributed by atoms with van der Waals surface area (Å²) in [6.45, 7) is 0. The molecule has 0 bridgehead atoms. The molecule has 1 aliphatic rings. The highest BCUT2D eigenvalue weighted by molar-refractivity contribution is 8.00. The van der Waals surface area contributed by atoms with Crippen LogP contribution in [-0.4, -0.2) is 24.7 Å². The second kappa shape index (κ2) is 4.64. The minimum absolute atomic E-state index is 0.0365. The van der Waals surface area contributed by atoms with Crippen LogP contribution in [0.3, 0.4) is 0 Å². The number of hydrogen-bond donors (Lipinski definition) is 3. The minimum atomic E-state index is -0.417. The van der Waals surface area contributed by atoms with E-state index in [9.17, 15) is 9.59 Å². The molecule has 0 saturated heterocycles. The van der Waals surface area contributed by atoms with Crippen molar-refractivity contribution in [2.45, 2.75) is 4.90 Å². The van der Waals surface area contributed by atoms with Gasteiger partial charge in [0.2, 0.25) is 5.91 Å². The number of amides is 3. The summed E-state index contributed by atoms with van der Waals surface area (Å²) < 4.78 is 0. The van der Waals surface area contributed by atoms with Gasteiger partial charge >= 0.3 is 6.03 Å². The third kappa shape index (κ3) is 2.34. The van der Waals surface area contributed by atoms with Gasteiger partial charge in [0.1, 0.15) is 0 Å². The summed E-state index contributed by atoms with van der Waals surface area (Å²) in [4.78, 5) is 25.0. The summed E-state index contributed by atoms with van der Waals surface area (Å²) >= 11 is 1.48. The predicted octanol–water partition coefficient (Wildman–Crippen LogP) is 0.750. The molecule has 0 radical (unpaired) electrons. The first-order valence-electron chi connectivity index (χ1n) is 4.93. The number of rotatable bonds is 1. The first-order chi connectivity index (χ1) is 8.11. The monoisotopic (exact) mass is 252 g/mol. The Morgan fingerprint density at radius 3 is 3.06 bits per heavy atom. The van der Waals surface area contributed by atoms with E-state index in [-0.39, 0.29) is 5.91 Å². The molecule has 1 heterocycles. The Labute approximate surface area is 103 Å². The number of urea groups is 1. The van der Waals surface area contributed by atoms with Crippen molar-refractivity contribution < 1.29 is 9.59 Å². The minimum Gasteiger partial charge on any atom is -0.324 e. The summed E-state index contributed by atoms with van der Waals surface area (Å²) in [5, 5.41) is 2.76. The van der Waals surface area contributed by atoms with Crippen LogP contribution in [0.15, 0.2) is 23.1 Å². The second-order valence-corrected chi connectivity index (χ2v) is 4.54. The zero-order chi connectivity index (χ0) is 12.4. The SMILES string of the molecule is CN(C(=O)NN)c1ccc2c(c1)NC(=O)CS2. The number of benzene rings is 1. The van der Waals surface area contributed by atoms with Gasteiger partial charge in [-0.1, -0.05) is 0 Å². The van der Waals surface area contributed by atoms with Crippen molar-refractivity contribution >= 4 is 35.1 Å². The van der Waals surface area contributed by atoms with Crippen LogP contribution in [0.25, 0.3) is 0 Å². The molecule has 90 valence electrons. The van der Waals surface area contributed by atoms with Crippen LogP contribution >= 0.6 is 11.8 Å². The molecule has 0 fully saturated rings. The normalized spacial score (nSPS) is 13.6. The van der Waals surface area contributed by atoms with Gasteiger partial charge in [0.05, 0.1) is 11.4 Å². The molecule has 0 unspecified atom stereocenters. The Morgan fingerprint density at radius 1 is 1.59 bits per heavy atom. The van der Waals surface area contributed by atoms with Crippen molar-refractivity contribution in [1.82, 2.24) is 5.43 Å². The molecule has 1 aromatic rings. The molecule has 17 heavy (non-hydrogen) atoms. The van der Waals surface area contributed by atoms with Gasteiger partial charge in [0.15, 0.2) is 0 Å². The number of carbonyl (C=O) groups is 2. The topological polar surface area (TPSA) is 87.5 Å². The summed E-state index contributed by atoms with van der Waals surface area (Å²) in [6, 6.07) is 5.00. The molecule has 2 rings (SSSR count). The first-order valence-corrected chi connectivity index (χ1v) is 5.91. The van der Waals surface area contributed by atoms with E-state index in [1.54, 1.807) is 19.2 Å². The van der Waals surface area contributed by atoms with E-state index in [1.807, 2.05) is 11.5 Å². The second-order valence-electron chi connectivity index (χ2n) is 3.53. The van der Waals surface area contributed by atoms with Gasteiger partial charge in [-0.15, -0.1) is 11.8 Å². The van der Waals surface area contributed by atoms with Gasteiger partial charge in [-0.05, 0) is 18.2 Å². The lowest BCUT2D eigenvalue weighted by Gasteiger charge is -2.21. The number of nitrogens with zero attached hydrogens (tertiary/aromatic N) is 1. The zero-order valence-corrected chi connectivity index (χ0v) is 10.0. The van der Waals surface area contributed by atoms with E-state index in [4.69, 9.17) is 5.84 Å². The van der Waals surface area contributed by atoms with E-state index < -0.39 is 6.03 Å². The number of hydrogen-bond acceptors (Lipinski definition) is 4. The van der Waals surface area contributed by atoms with Crippen molar-refractivity contribution in [1.29, 1.82) is 0 Å². The first kappa shape index (κ1) is 11.7. The molecule has 0 atom stereocenters. The van der Waals surface area contributed by atoms with Crippen LogP contribution in [0.2, 0.25) is 0 Å². The molecule has 1 aromatic carbocycles. The zero-order valence-electron chi connectivity index (χ0n) is 9.19. The van der Waals surface area contributed by atoms with Crippen LogP contribution in [0.4, 0.5) is 16.2 Å². The lowest BCUT2D eigenvalue weighted by atomic mass is 10.2. The smallest absolute Gasteiger partial charge is 0.324 e. The quantitative estimate of drug-likeness (QED) is 0.391. The van der Waals surface area contributed by atoms with Crippen LogP contribution in [-0.2, 0) is 4.79 Å². The summed E-state index contributed by atoms with van der Waals surface area (Å²) in [5.41, 5.74) is 3.43. The summed E-state index contributed by atoms with van der Waals surface area (Å²) in [5.74, 6) is 5.44. The Hall–Kier alpha value is -1.73. The number of nitrogens with two attached hydrogens (primary N) is 1. The van der Waals surface area contributed by atoms with E-state index in [0.29, 0.717) is 11.4 Å². The fraction of sp³-hybridized carbons (Fsp3) is 0.200. The van der Waals surface area contributed by atoms with Crippen LogP contribution < -0.4 is 21.5 Å². The molecule has 7 heteroatoms. The van der Waals surface area contributed by atoms with Gasteiger partial charge in [0, 0.05) is 17.6 Å². The summed E-state index contributed by atoms with van der Waals surface area (Å²) in [6.07, 6.45) is 0. The van der Waals surface area contributed by atoms with Crippen molar-refractivity contribution in [3.05, 3.63) is 18.2 Å². The van der Waals surface area contributed by atoms with Crippen molar-refractivity contribution in [2.75, 3.05) is 23.0 Å². The van der Waals surface area contributed by atoms with Crippen molar-refractivity contribution in [3.8, 4) is 0 Å². The Balaban J connectivity index is 2.29. The van der Waals surface area contributed by atoms with Gasteiger partial charge < -0.3 is 5.32 Å². The van der Waals surface area contributed by atoms with Crippen LogP contribution in [0.1, 0.15) is 0 Å². The molecule has 4 N–H and O–H groups in total. The van der Waals surface area contributed by atoms with Gasteiger partial charge in [-0.2, -0.15) is 0 Å². The molecule has 0 aromatic heterocycles. The lowest BCUT2D eigenvalue weighted by Crippen LogP contribution is -2.41. The Kier molecular flexibility index (Phi) is 3.21. The molecule has 0 saturated carbocycles. The molecule has 0 aliphatic carbocycles. The predicted molar refractivity (Wildman–Crippen MR) is 66.9 cm³/mol. The molecular weight excluding hydrogens is 240 g/mol. The molecule has 6 nitrogen and oxygen atoms in total. The maximum atomic E-state index is 11.3.